The predicted molar refractivity (Wildman–Crippen MR) is 120 cm³/mol. The van der Waals surface area contributed by atoms with Gasteiger partial charge in [0.15, 0.2) is 0 Å². The molecular weight excluding hydrogens is 412 g/mol. The first kappa shape index (κ1) is 21.0. The zero-order chi connectivity index (χ0) is 21.8. The van der Waals surface area contributed by atoms with Crippen LogP contribution in [0.25, 0.3) is 10.6 Å². The molecule has 3 aromatic rings. The number of piperidine rings is 1. The highest BCUT2D eigenvalue weighted by atomic mass is 32.1. The van der Waals surface area contributed by atoms with Gasteiger partial charge in [-0.05, 0) is 62.6 Å². The lowest BCUT2D eigenvalue weighted by molar-refractivity contribution is -0.121. The van der Waals surface area contributed by atoms with Crippen molar-refractivity contribution in [3.05, 3.63) is 59.1 Å². The fourth-order valence-electron chi connectivity index (χ4n) is 3.72. The lowest BCUT2D eigenvalue weighted by Gasteiger charge is -2.34. The third kappa shape index (κ3) is 4.74. The number of carbonyl (C=O) groups excluding carboxylic acids is 2. The number of nitrogens with one attached hydrogen (secondary N) is 1. The summed E-state index contributed by atoms with van der Waals surface area (Å²) in [5, 5.41) is 12.9. The van der Waals surface area contributed by atoms with Crippen molar-refractivity contribution in [2.75, 3.05) is 19.0 Å². The minimum absolute atomic E-state index is 0.138. The van der Waals surface area contributed by atoms with Gasteiger partial charge in [-0.1, -0.05) is 23.5 Å². The molecular formula is C23H24N4O3S. The Morgan fingerprint density at radius 1 is 1.13 bits per heavy atom. The number of nitrogens with zero attached hydrogens (tertiary/aromatic N) is 3. The van der Waals surface area contributed by atoms with Gasteiger partial charge in [-0.2, -0.15) is 0 Å². The molecule has 2 aromatic carbocycles. The van der Waals surface area contributed by atoms with E-state index in [4.69, 9.17) is 4.74 Å². The van der Waals surface area contributed by atoms with E-state index in [0.717, 1.165) is 28.4 Å². The van der Waals surface area contributed by atoms with Gasteiger partial charge >= 0.3 is 0 Å². The van der Waals surface area contributed by atoms with Crippen molar-refractivity contribution >= 4 is 28.8 Å². The van der Waals surface area contributed by atoms with Crippen LogP contribution in [0.5, 0.6) is 5.75 Å². The third-order valence-electron chi connectivity index (χ3n) is 5.31. The van der Waals surface area contributed by atoms with Crippen LogP contribution in [-0.2, 0) is 4.79 Å². The Kier molecular flexibility index (Phi) is 6.27. The van der Waals surface area contributed by atoms with Gasteiger partial charge in [0.05, 0.1) is 7.11 Å². The molecule has 1 fully saturated rings. The maximum absolute atomic E-state index is 13.1. The van der Waals surface area contributed by atoms with Crippen LogP contribution in [0.15, 0.2) is 48.5 Å². The van der Waals surface area contributed by atoms with Gasteiger partial charge < -0.3 is 15.0 Å². The van der Waals surface area contributed by atoms with Crippen LogP contribution in [-0.4, -0.2) is 46.6 Å². The van der Waals surface area contributed by atoms with E-state index >= 15 is 0 Å². The molecule has 1 saturated heterocycles. The topological polar surface area (TPSA) is 84.4 Å². The number of carbonyl (C=O) groups is 2. The molecule has 0 saturated carbocycles. The van der Waals surface area contributed by atoms with Gasteiger partial charge in [-0.15, -0.1) is 10.2 Å². The quantitative estimate of drug-likeness (QED) is 0.649. The summed E-state index contributed by atoms with van der Waals surface area (Å²) in [6.07, 6.45) is 2.44. The molecule has 1 aromatic heterocycles. The van der Waals surface area contributed by atoms with Gasteiger partial charge in [-0.3, -0.25) is 9.59 Å². The van der Waals surface area contributed by atoms with Gasteiger partial charge in [0, 0.05) is 23.4 Å². The molecule has 1 atom stereocenters. The normalized spacial score (nSPS) is 16.1. The van der Waals surface area contributed by atoms with E-state index in [2.05, 4.69) is 15.5 Å². The highest BCUT2D eigenvalue weighted by Crippen LogP contribution is 2.27. The zero-order valence-corrected chi connectivity index (χ0v) is 18.3. The highest BCUT2D eigenvalue weighted by Gasteiger charge is 2.32. The second kappa shape index (κ2) is 9.26. The summed E-state index contributed by atoms with van der Waals surface area (Å²) in [5.41, 5.74) is 2.13. The van der Waals surface area contributed by atoms with Gasteiger partial charge in [0.2, 0.25) is 5.91 Å². The molecule has 4 rings (SSSR count). The van der Waals surface area contributed by atoms with Gasteiger partial charge in [0.1, 0.15) is 21.8 Å². The van der Waals surface area contributed by atoms with E-state index < -0.39 is 6.04 Å². The summed E-state index contributed by atoms with van der Waals surface area (Å²) in [5.74, 6) is 0.378. The van der Waals surface area contributed by atoms with Crippen LogP contribution in [0.1, 0.15) is 34.6 Å². The number of aryl methyl sites for hydroxylation is 1. The number of amides is 2. The van der Waals surface area contributed by atoms with Crippen molar-refractivity contribution in [2.45, 2.75) is 32.2 Å². The minimum atomic E-state index is -0.504. The zero-order valence-electron chi connectivity index (χ0n) is 17.5. The molecule has 31 heavy (non-hydrogen) atoms. The molecule has 8 heteroatoms. The monoisotopic (exact) mass is 436 g/mol. The number of hydrogen-bond donors (Lipinski definition) is 1. The molecule has 0 spiro atoms. The average Bonchev–Trinajstić information content (AvgIpc) is 3.25. The standard InChI is InChI=1S/C23H24N4O3S/c1-15-25-26-22(31-15)17-6-5-7-18(14-17)24-21(28)20-8-3-4-13-27(20)23(29)16-9-11-19(30-2)12-10-16/h5-7,9-12,14,20H,3-4,8,13H2,1-2H3,(H,24,28)/t20-/m1/s1. The molecule has 0 unspecified atom stereocenters. The van der Waals surface area contributed by atoms with E-state index in [-0.39, 0.29) is 11.8 Å². The second-order valence-electron chi connectivity index (χ2n) is 7.43. The molecule has 160 valence electrons. The Morgan fingerprint density at radius 2 is 1.94 bits per heavy atom. The molecule has 1 aliphatic rings. The molecule has 0 aliphatic carbocycles. The average molecular weight is 437 g/mol. The van der Waals surface area contributed by atoms with Crippen LogP contribution >= 0.6 is 11.3 Å². The third-order valence-corrected chi connectivity index (χ3v) is 6.19. The van der Waals surface area contributed by atoms with Crippen molar-refractivity contribution in [3.63, 3.8) is 0 Å². The van der Waals surface area contributed by atoms with Crippen LogP contribution < -0.4 is 10.1 Å². The van der Waals surface area contributed by atoms with Crippen molar-refractivity contribution in [3.8, 4) is 16.3 Å². The number of anilines is 1. The largest absolute Gasteiger partial charge is 0.497 e. The summed E-state index contributed by atoms with van der Waals surface area (Å²) < 4.78 is 5.17. The van der Waals surface area contributed by atoms with Crippen molar-refractivity contribution in [1.82, 2.24) is 15.1 Å². The number of rotatable bonds is 5. The highest BCUT2D eigenvalue weighted by molar-refractivity contribution is 7.14. The van der Waals surface area contributed by atoms with Crippen LogP contribution in [0.2, 0.25) is 0 Å². The van der Waals surface area contributed by atoms with E-state index in [1.165, 1.54) is 11.3 Å². The number of likely N-dealkylation sites (tertiary alicyclic amines) is 1. The molecule has 1 N–H and O–H groups in total. The van der Waals surface area contributed by atoms with Crippen molar-refractivity contribution in [2.24, 2.45) is 0 Å². The Balaban J connectivity index is 1.50. The van der Waals surface area contributed by atoms with Crippen LogP contribution in [0.3, 0.4) is 0 Å². The number of methoxy groups -OCH3 is 1. The van der Waals surface area contributed by atoms with Crippen LogP contribution in [0.4, 0.5) is 5.69 Å². The summed E-state index contributed by atoms with van der Waals surface area (Å²) >= 11 is 1.50. The second-order valence-corrected chi connectivity index (χ2v) is 8.62. The summed E-state index contributed by atoms with van der Waals surface area (Å²) in [7, 11) is 1.59. The summed E-state index contributed by atoms with van der Waals surface area (Å²) in [6, 6.07) is 14.0. The number of hydrogen-bond acceptors (Lipinski definition) is 6. The molecule has 0 radical (unpaired) electrons. The number of aromatic nitrogens is 2. The van der Waals surface area contributed by atoms with Gasteiger partial charge in [0.25, 0.3) is 5.91 Å². The smallest absolute Gasteiger partial charge is 0.254 e. The first-order chi connectivity index (χ1) is 15.0. The molecule has 2 amide bonds. The summed E-state index contributed by atoms with van der Waals surface area (Å²) in [4.78, 5) is 27.9. The van der Waals surface area contributed by atoms with E-state index in [1.807, 2.05) is 31.2 Å². The molecule has 0 bridgehead atoms. The fourth-order valence-corrected chi connectivity index (χ4v) is 4.40. The van der Waals surface area contributed by atoms with Gasteiger partial charge in [-0.25, -0.2) is 0 Å². The van der Waals surface area contributed by atoms with E-state index in [9.17, 15) is 9.59 Å². The van der Waals surface area contributed by atoms with Crippen LogP contribution in [0, 0.1) is 6.92 Å². The maximum Gasteiger partial charge on any atom is 0.254 e. The SMILES string of the molecule is COc1ccc(C(=O)N2CCCC[C@@H]2C(=O)Nc2cccc(-c3nnc(C)s3)c2)cc1. The van der Waals surface area contributed by atoms with Crippen molar-refractivity contribution in [1.29, 1.82) is 0 Å². The van der Waals surface area contributed by atoms with E-state index in [1.54, 1.807) is 36.3 Å². The first-order valence-electron chi connectivity index (χ1n) is 10.2. The Labute approximate surface area is 185 Å². The fraction of sp³-hybridized carbons (Fsp3) is 0.304. The number of benzene rings is 2. The lowest BCUT2D eigenvalue weighted by Crippen LogP contribution is -2.50. The number of ether oxygens (including phenoxy) is 1. The maximum atomic E-state index is 13.1. The lowest BCUT2D eigenvalue weighted by atomic mass is 9.99. The van der Waals surface area contributed by atoms with Crippen molar-refractivity contribution < 1.29 is 14.3 Å². The molecule has 7 nitrogen and oxygen atoms in total. The van der Waals surface area contributed by atoms with E-state index in [0.29, 0.717) is 30.0 Å². The Bertz CT molecular complexity index is 1080. The Hall–Kier alpha value is -3.26. The first-order valence-corrected chi connectivity index (χ1v) is 11.0. The Morgan fingerprint density at radius 3 is 2.65 bits per heavy atom. The minimum Gasteiger partial charge on any atom is -0.497 e. The molecule has 1 aliphatic heterocycles. The molecule has 2 heterocycles. The predicted octanol–water partition coefficient (Wildman–Crippen LogP) is 4.16. The summed E-state index contributed by atoms with van der Waals surface area (Å²) in [6.45, 7) is 2.47.